The van der Waals surface area contributed by atoms with E-state index in [2.05, 4.69) is 10.1 Å². The molecule has 0 amide bonds. The van der Waals surface area contributed by atoms with Gasteiger partial charge in [-0.3, -0.25) is 4.68 Å². The smallest absolute Gasteiger partial charge is 0.147 e. The average molecular weight is 231 g/mol. The molecule has 0 unspecified atom stereocenters. The Balaban J connectivity index is 1.71. The molecule has 4 nitrogen and oxygen atoms in total. The number of phenols is 1. The molecule has 0 fully saturated rings. The van der Waals surface area contributed by atoms with Crippen molar-refractivity contribution in [3.63, 3.8) is 0 Å². The SMILES string of the molecule is Cc1ncn(CCCCc2ccc(O)cc2)n1. The molecule has 90 valence electrons. The summed E-state index contributed by atoms with van der Waals surface area (Å²) in [6.45, 7) is 2.81. The van der Waals surface area contributed by atoms with Crippen LogP contribution in [-0.4, -0.2) is 19.9 Å². The van der Waals surface area contributed by atoms with Crippen molar-refractivity contribution in [2.45, 2.75) is 32.7 Å². The first-order valence-electron chi connectivity index (χ1n) is 5.88. The average Bonchev–Trinajstić information content (AvgIpc) is 2.73. The molecule has 0 bridgehead atoms. The van der Waals surface area contributed by atoms with Gasteiger partial charge in [0.05, 0.1) is 0 Å². The zero-order valence-electron chi connectivity index (χ0n) is 10.0. The normalized spacial score (nSPS) is 10.6. The Morgan fingerprint density at radius 3 is 2.59 bits per heavy atom. The molecule has 2 aromatic rings. The maximum absolute atomic E-state index is 9.16. The van der Waals surface area contributed by atoms with E-state index < -0.39 is 0 Å². The highest BCUT2D eigenvalue weighted by molar-refractivity contribution is 5.25. The van der Waals surface area contributed by atoms with Crippen molar-refractivity contribution in [1.29, 1.82) is 0 Å². The number of phenolic OH excluding ortho intramolecular Hbond substituents is 1. The number of hydrogen-bond donors (Lipinski definition) is 1. The lowest BCUT2D eigenvalue weighted by Gasteiger charge is -2.02. The van der Waals surface area contributed by atoms with E-state index in [1.807, 2.05) is 23.7 Å². The molecule has 0 aliphatic carbocycles. The van der Waals surface area contributed by atoms with E-state index in [0.29, 0.717) is 5.75 Å². The summed E-state index contributed by atoms with van der Waals surface area (Å²) in [7, 11) is 0. The molecular formula is C13H17N3O. The van der Waals surface area contributed by atoms with E-state index in [0.717, 1.165) is 31.6 Å². The van der Waals surface area contributed by atoms with Crippen LogP contribution in [0.15, 0.2) is 30.6 Å². The zero-order chi connectivity index (χ0) is 12.1. The predicted molar refractivity (Wildman–Crippen MR) is 65.8 cm³/mol. The summed E-state index contributed by atoms with van der Waals surface area (Å²) in [5, 5.41) is 13.4. The third-order valence-corrected chi connectivity index (χ3v) is 2.69. The third kappa shape index (κ3) is 3.59. The molecule has 1 N–H and O–H groups in total. The van der Waals surface area contributed by atoms with Gasteiger partial charge in [-0.2, -0.15) is 5.10 Å². The highest BCUT2D eigenvalue weighted by atomic mass is 16.3. The molecule has 1 aromatic heterocycles. The van der Waals surface area contributed by atoms with Gasteiger partial charge in [0.1, 0.15) is 17.9 Å². The molecule has 0 saturated heterocycles. The van der Waals surface area contributed by atoms with E-state index in [1.165, 1.54) is 5.56 Å². The van der Waals surface area contributed by atoms with Crippen molar-refractivity contribution in [2.75, 3.05) is 0 Å². The Morgan fingerprint density at radius 2 is 1.94 bits per heavy atom. The molecular weight excluding hydrogens is 214 g/mol. The Morgan fingerprint density at radius 1 is 1.18 bits per heavy atom. The first kappa shape index (κ1) is 11.6. The van der Waals surface area contributed by atoms with Gasteiger partial charge in [0.15, 0.2) is 0 Å². The number of nitrogens with zero attached hydrogens (tertiary/aromatic N) is 3. The quantitative estimate of drug-likeness (QED) is 0.803. The highest BCUT2D eigenvalue weighted by Gasteiger charge is 1.97. The molecule has 0 aliphatic heterocycles. The summed E-state index contributed by atoms with van der Waals surface area (Å²) in [5.74, 6) is 1.15. The Bertz CT molecular complexity index is 462. The van der Waals surface area contributed by atoms with Gasteiger partial charge in [-0.1, -0.05) is 12.1 Å². The van der Waals surface area contributed by atoms with Crippen LogP contribution in [0.1, 0.15) is 24.2 Å². The van der Waals surface area contributed by atoms with Crippen LogP contribution in [0, 0.1) is 6.92 Å². The van der Waals surface area contributed by atoms with Gasteiger partial charge >= 0.3 is 0 Å². The molecule has 0 saturated carbocycles. The minimum absolute atomic E-state index is 0.326. The lowest BCUT2D eigenvalue weighted by atomic mass is 10.1. The molecule has 0 atom stereocenters. The minimum Gasteiger partial charge on any atom is -0.508 e. The summed E-state index contributed by atoms with van der Waals surface area (Å²) in [6.07, 6.45) is 5.01. The van der Waals surface area contributed by atoms with Crippen LogP contribution < -0.4 is 0 Å². The summed E-state index contributed by atoms with van der Waals surface area (Å²) in [4.78, 5) is 4.09. The maximum atomic E-state index is 9.16. The summed E-state index contributed by atoms with van der Waals surface area (Å²) >= 11 is 0. The van der Waals surface area contributed by atoms with Gasteiger partial charge in [0.25, 0.3) is 0 Å². The zero-order valence-corrected chi connectivity index (χ0v) is 10.0. The molecule has 0 spiro atoms. The Hall–Kier alpha value is -1.84. The van der Waals surface area contributed by atoms with Crippen molar-refractivity contribution >= 4 is 0 Å². The van der Waals surface area contributed by atoms with Crippen LogP contribution in [0.4, 0.5) is 0 Å². The molecule has 1 heterocycles. The number of rotatable bonds is 5. The largest absolute Gasteiger partial charge is 0.508 e. The van der Waals surface area contributed by atoms with E-state index in [-0.39, 0.29) is 0 Å². The number of hydrogen-bond acceptors (Lipinski definition) is 3. The van der Waals surface area contributed by atoms with Gasteiger partial charge in [-0.25, -0.2) is 4.98 Å². The fourth-order valence-electron chi connectivity index (χ4n) is 1.76. The maximum Gasteiger partial charge on any atom is 0.147 e. The first-order chi connectivity index (χ1) is 8.24. The van der Waals surface area contributed by atoms with Crippen LogP contribution in [0.3, 0.4) is 0 Å². The number of benzene rings is 1. The first-order valence-corrected chi connectivity index (χ1v) is 5.88. The molecule has 4 heteroatoms. The number of unbranched alkanes of at least 4 members (excludes halogenated alkanes) is 1. The van der Waals surface area contributed by atoms with Crippen LogP contribution in [0.5, 0.6) is 5.75 Å². The number of aromatic nitrogens is 3. The lowest BCUT2D eigenvalue weighted by molar-refractivity contribution is 0.475. The monoisotopic (exact) mass is 231 g/mol. The van der Waals surface area contributed by atoms with Crippen molar-refractivity contribution in [2.24, 2.45) is 0 Å². The van der Waals surface area contributed by atoms with Crippen LogP contribution in [0.25, 0.3) is 0 Å². The summed E-state index contributed by atoms with van der Waals surface area (Å²) in [6, 6.07) is 7.40. The van der Waals surface area contributed by atoms with E-state index in [9.17, 15) is 0 Å². The third-order valence-electron chi connectivity index (χ3n) is 2.69. The topological polar surface area (TPSA) is 50.9 Å². The van der Waals surface area contributed by atoms with Crippen LogP contribution in [0.2, 0.25) is 0 Å². The Kier molecular flexibility index (Phi) is 3.75. The molecule has 0 aliphatic rings. The fourth-order valence-corrected chi connectivity index (χ4v) is 1.76. The molecule has 0 radical (unpaired) electrons. The second-order valence-electron chi connectivity index (χ2n) is 4.18. The fraction of sp³-hybridized carbons (Fsp3) is 0.385. The van der Waals surface area contributed by atoms with Crippen molar-refractivity contribution in [1.82, 2.24) is 14.8 Å². The van der Waals surface area contributed by atoms with Gasteiger partial charge in [0, 0.05) is 6.54 Å². The predicted octanol–water partition coefficient (Wildman–Crippen LogP) is 2.32. The van der Waals surface area contributed by atoms with Crippen molar-refractivity contribution in [3.8, 4) is 5.75 Å². The van der Waals surface area contributed by atoms with Gasteiger partial charge in [-0.15, -0.1) is 0 Å². The molecule has 1 aromatic carbocycles. The molecule has 17 heavy (non-hydrogen) atoms. The van der Waals surface area contributed by atoms with Crippen molar-refractivity contribution < 1.29 is 5.11 Å². The van der Waals surface area contributed by atoms with E-state index in [4.69, 9.17) is 5.11 Å². The summed E-state index contributed by atoms with van der Waals surface area (Å²) < 4.78 is 1.88. The summed E-state index contributed by atoms with van der Waals surface area (Å²) in [5.41, 5.74) is 1.26. The molecule has 2 rings (SSSR count). The second-order valence-corrected chi connectivity index (χ2v) is 4.18. The van der Waals surface area contributed by atoms with Gasteiger partial charge in [-0.05, 0) is 43.9 Å². The van der Waals surface area contributed by atoms with Gasteiger partial charge < -0.3 is 5.11 Å². The number of aryl methyl sites for hydroxylation is 3. The second kappa shape index (κ2) is 5.48. The standard InChI is InChI=1S/C13H17N3O/c1-11-14-10-16(15-11)9-3-2-4-12-5-7-13(17)8-6-12/h5-8,10,17H,2-4,9H2,1H3. The van der Waals surface area contributed by atoms with E-state index in [1.54, 1.807) is 18.5 Å². The van der Waals surface area contributed by atoms with Crippen LogP contribution in [-0.2, 0) is 13.0 Å². The minimum atomic E-state index is 0.326. The number of aromatic hydroxyl groups is 1. The van der Waals surface area contributed by atoms with Crippen molar-refractivity contribution in [3.05, 3.63) is 42.0 Å². The van der Waals surface area contributed by atoms with Crippen LogP contribution >= 0.6 is 0 Å². The highest BCUT2D eigenvalue weighted by Crippen LogP contribution is 2.12. The van der Waals surface area contributed by atoms with E-state index >= 15 is 0 Å². The lowest BCUT2D eigenvalue weighted by Crippen LogP contribution is -1.99. The Labute approximate surface area is 101 Å². The van der Waals surface area contributed by atoms with Gasteiger partial charge in [0.2, 0.25) is 0 Å².